The SMILES string of the molecule is CCC(C)SP(=O)(SC(C)CC)C(Cl)Cl. The van der Waals surface area contributed by atoms with Crippen molar-refractivity contribution in [3.8, 4) is 0 Å². The van der Waals surface area contributed by atoms with Crippen LogP contribution >= 0.6 is 51.5 Å². The van der Waals surface area contributed by atoms with E-state index in [1.165, 1.54) is 22.8 Å². The monoisotopic (exact) mass is 308 g/mol. The summed E-state index contributed by atoms with van der Waals surface area (Å²) in [4.78, 5) is 0. The average molecular weight is 309 g/mol. The highest BCUT2D eigenvalue weighted by Crippen LogP contribution is 2.76. The van der Waals surface area contributed by atoms with Gasteiger partial charge in [-0.25, -0.2) is 0 Å². The van der Waals surface area contributed by atoms with Crippen LogP contribution < -0.4 is 0 Å². The highest BCUT2D eigenvalue weighted by atomic mass is 35.5. The lowest BCUT2D eigenvalue weighted by Crippen LogP contribution is -1.99. The third kappa shape index (κ3) is 6.12. The van der Waals surface area contributed by atoms with Crippen LogP contribution in [0.4, 0.5) is 0 Å². The minimum Gasteiger partial charge on any atom is -0.298 e. The van der Waals surface area contributed by atoms with Gasteiger partial charge in [0.05, 0.1) is 0 Å². The molecule has 0 rings (SSSR count). The first-order chi connectivity index (χ1) is 6.85. The Morgan fingerprint density at radius 2 is 1.40 bits per heavy atom. The summed E-state index contributed by atoms with van der Waals surface area (Å²) in [5, 5.41) is 0.680. The molecule has 6 heteroatoms. The quantitative estimate of drug-likeness (QED) is 0.424. The molecule has 2 unspecified atom stereocenters. The standard InChI is InChI=1S/C9H19Cl2OPS2/c1-5-7(3)14-13(12,9(10)11)15-8(4)6-2/h7-9H,5-6H2,1-4H3. The Morgan fingerprint density at radius 3 is 1.60 bits per heavy atom. The molecule has 0 aromatic rings. The number of rotatable bonds is 7. The van der Waals surface area contributed by atoms with Crippen LogP contribution in [0.1, 0.15) is 40.5 Å². The third-order valence-electron chi connectivity index (χ3n) is 2.04. The number of hydrogen-bond acceptors (Lipinski definition) is 3. The van der Waals surface area contributed by atoms with Crippen molar-refractivity contribution in [1.29, 1.82) is 0 Å². The van der Waals surface area contributed by atoms with E-state index in [1.807, 2.05) is 0 Å². The number of halogens is 2. The van der Waals surface area contributed by atoms with E-state index in [-0.39, 0.29) is 0 Å². The largest absolute Gasteiger partial charge is 0.298 e. The molecule has 0 N–H and O–H groups in total. The van der Waals surface area contributed by atoms with E-state index >= 15 is 0 Å². The summed E-state index contributed by atoms with van der Waals surface area (Å²) in [6, 6.07) is 0. The molecular weight excluding hydrogens is 290 g/mol. The van der Waals surface area contributed by atoms with Gasteiger partial charge in [0, 0.05) is 10.5 Å². The van der Waals surface area contributed by atoms with Gasteiger partial charge in [-0.1, -0.05) is 73.7 Å². The maximum absolute atomic E-state index is 12.5. The fraction of sp³-hybridized carbons (Fsp3) is 1.00. The molecule has 0 aliphatic rings. The van der Waals surface area contributed by atoms with Crippen molar-refractivity contribution < 1.29 is 4.57 Å². The zero-order valence-corrected chi connectivity index (χ0v) is 13.6. The van der Waals surface area contributed by atoms with Crippen LogP contribution in [0.15, 0.2) is 0 Å². The van der Waals surface area contributed by atoms with Crippen LogP contribution in [-0.2, 0) is 4.57 Å². The zero-order chi connectivity index (χ0) is 12.1. The summed E-state index contributed by atoms with van der Waals surface area (Å²) in [7, 11) is 0. The van der Waals surface area contributed by atoms with E-state index in [4.69, 9.17) is 23.2 Å². The maximum Gasteiger partial charge on any atom is 0.223 e. The number of alkyl halides is 2. The van der Waals surface area contributed by atoms with Gasteiger partial charge in [-0.2, -0.15) is 0 Å². The third-order valence-corrected chi connectivity index (χ3v) is 14.3. The first kappa shape index (κ1) is 16.5. The molecule has 0 radical (unpaired) electrons. The van der Waals surface area contributed by atoms with E-state index in [0.717, 1.165) is 12.8 Å². The first-order valence-electron chi connectivity index (χ1n) is 5.10. The van der Waals surface area contributed by atoms with Crippen molar-refractivity contribution in [3.05, 3.63) is 0 Å². The van der Waals surface area contributed by atoms with Crippen LogP contribution in [0, 0.1) is 0 Å². The minimum absolute atomic E-state index is 0.340. The van der Waals surface area contributed by atoms with Gasteiger partial charge in [0.2, 0.25) is 5.55 Å². The molecule has 92 valence electrons. The summed E-state index contributed by atoms with van der Waals surface area (Å²) in [6.07, 6.45) is 1.96. The Kier molecular flexibility index (Phi) is 8.54. The van der Waals surface area contributed by atoms with Gasteiger partial charge in [0.25, 0.3) is 0 Å². The summed E-state index contributed by atoms with van der Waals surface area (Å²) >= 11 is 14.6. The van der Waals surface area contributed by atoms with Crippen molar-refractivity contribution in [2.24, 2.45) is 0 Å². The molecule has 1 nitrogen and oxygen atoms in total. The minimum atomic E-state index is -2.57. The molecule has 0 spiro atoms. The van der Waals surface area contributed by atoms with Crippen molar-refractivity contribution in [2.75, 3.05) is 0 Å². The Balaban J connectivity index is 4.53. The Bertz CT molecular complexity index is 210. The van der Waals surface area contributed by atoms with Crippen LogP contribution in [0.2, 0.25) is 0 Å². The summed E-state index contributed by atoms with van der Waals surface area (Å²) in [5.41, 5.74) is -2.57. The summed E-state index contributed by atoms with van der Waals surface area (Å²) in [5.74, 6) is 0. The highest BCUT2D eigenvalue weighted by Gasteiger charge is 2.34. The van der Waals surface area contributed by atoms with E-state index in [2.05, 4.69) is 27.7 Å². The molecule has 0 amide bonds. The molecule has 0 heterocycles. The fourth-order valence-corrected chi connectivity index (χ4v) is 11.7. The predicted octanol–water partition coefficient (Wildman–Crippen LogP) is 6.00. The second-order valence-electron chi connectivity index (χ2n) is 3.47. The molecular formula is C9H19Cl2OPS2. The van der Waals surface area contributed by atoms with Crippen molar-refractivity contribution >= 4 is 51.5 Å². The normalized spacial score (nSPS) is 19.9. The molecule has 0 aliphatic carbocycles. The molecule has 0 aromatic carbocycles. The molecule has 0 saturated heterocycles. The van der Waals surface area contributed by atoms with Crippen molar-refractivity contribution in [2.45, 2.75) is 55.6 Å². The van der Waals surface area contributed by atoms with Gasteiger partial charge in [0.1, 0.15) is 0 Å². The van der Waals surface area contributed by atoms with Crippen molar-refractivity contribution in [3.63, 3.8) is 0 Å². The van der Waals surface area contributed by atoms with Gasteiger partial charge >= 0.3 is 0 Å². The van der Waals surface area contributed by atoms with Crippen LogP contribution in [0.3, 0.4) is 0 Å². The van der Waals surface area contributed by atoms with Crippen LogP contribution in [-0.4, -0.2) is 15.1 Å². The number of hydrogen-bond donors (Lipinski definition) is 0. The molecule has 0 aliphatic heterocycles. The van der Waals surface area contributed by atoms with Gasteiger partial charge < -0.3 is 0 Å². The van der Waals surface area contributed by atoms with E-state index in [9.17, 15) is 4.57 Å². The van der Waals surface area contributed by atoms with E-state index in [0.29, 0.717) is 10.5 Å². The average Bonchev–Trinajstić information content (AvgIpc) is 2.16. The van der Waals surface area contributed by atoms with Gasteiger partial charge in [-0.05, 0) is 12.8 Å². The van der Waals surface area contributed by atoms with Gasteiger partial charge in [0.15, 0.2) is 4.58 Å². The highest BCUT2D eigenvalue weighted by molar-refractivity contribution is 8.91. The van der Waals surface area contributed by atoms with Crippen LogP contribution in [0.5, 0.6) is 0 Å². The predicted molar refractivity (Wildman–Crippen MR) is 77.8 cm³/mol. The maximum atomic E-state index is 12.5. The Morgan fingerprint density at radius 1 is 1.07 bits per heavy atom. The lowest BCUT2D eigenvalue weighted by molar-refractivity contribution is 0.594. The molecule has 0 fully saturated rings. The second-order valence-corrected chi connectivity index (χ2v) is 14.0. The van der Waals surface area contributed by atoms with Crippen LogP contribution in [0.25, 0.3) is 0 Å². The lowest BCUT2D eigenvalue weighted by atomic mass is 10.4. The smallest absolute Gasteiger partial charge is 0.223 e. The molecule has 2 atom stereocenters. The van der Waals surface area contributed by atoms with Gasteiger partial charge in [-0.15, -0.1) is 0 Å². The topological polar surface area (TPSA) is 17.1 Å². The first-order valence-corrected chi connectivity index (χ1v) is 10.7. The Hall–Kier alpha value is 1.51. The fourth-order valence-electron chi connectivity index (χ4n) is 0.768. The molecule has 0 bridgehead atoms. The molecule has 15 heavy (non-hydrogen) atoms. The summed E-state index contributed by atoms with van der Waals surface area (Å²) < 4.78 is 11.7. The molecule has 0 saturated carbocycles. The Labute approximate surface area is 111 Å². The zero-order valence-electron chi connectivity index (χ0n) is 9.57. The molecule has 0 aromatic heterocycles. The van der Waals surface area contributed by atoms with E-state index in [1.54, 1.807) is 0 Å². The van der Waals surface area contributed by atoms with Crippen molar-refractivity contribution in [1.82, 2.24) is 0 Å². The van der Waals surface area contributed by atoms with E-state index < -0.39 is 10.1 Å². The summed E-state index contributed by atoms with van der Waals surface area (Å²) in [6.45, 7) is 8.27. The lowest BCUT2D eigenvalue weighted by Gasteiger charge is -2.23. The van der Waals surface area contributed by atoms with Gasteiger partial charge in [-0.3, -0.25) is 4.57 Å². The second kappa shape index (κ2) is 7.76.